The summed E-state index contributed by atoms with van der Waals surface area (Å²) in [6.45, 7) is 9.16. The molecule has 1 fully saturated rings. The first-order valence-corrected chi connectivity index (χ1v) is 12.7. The predicted molar refractivity (Wildman–Crippen MR) is 138 cm³/mol. The molecule has 1 aliphatic rings. The zero-order valence-corrected chi connectivity index (χ0v) is 24.5. The van der Waals surface area contributed by atoms with Crippen molar-refractivity contribution in [2.75, 3.05) is 12.4 Å². The van der Waals surface area contributed by atoms with E-state index in [9.17, 15) is 24.6 Å². The van der Waals surface area contributed by atoms with Gasteiger partial charge in [0.2, 0.25) is 11.8 Å². The zero-order chi connectivity index (χ0) is 26.5. The maximum atomic E-state index is 13.6. The van der Waals surface area contributed by atoms with E-state index in [0.717, 1.165) is 5.56 Å². The van der Waals surface area contributed by atoms with Crippen molar-refractivity contribution in [3.63, 3.8) is 0 Å². The molecule has 192 valence electrons. The van der Waals surface area contributed by atoms with Gasteiger partial charge in [-0.1, -0.05) is 42.5 Å². The average Bonchev–Trinajstić information content (AvgIpc) is 3.18. The van der Waals surface area contributed by atoms with E-state index in [1.54, 1.807) is 25.1 Å². The number of carbonyl (C=O) groups excluding carboxylic acids is 3. The Kier molecular flexibility index (Phi) is 11.3. The Morgan fingerprint density at radius 3 is 2.54 bits per heavy atom. The molecule has 10 heteroatoms. The quantitative estimate of drug-likeness (QED) is 0.274. The Labute approximate surface area is 244 Å². The summed E-state index contributed by atoms with van der Waals surface area (Å²) in [6.07, 6.45) is -0.178. The summed E-state index contributed by atoms with van der Waals surface area (Å²) >= 11 is 1.42. The van der Waals surface area contributed by atoms with Crippen LogP contribution in [0.4, 0.5) is 0 Å². The van der Waals surface area contributed by atoms with Crippen LogP contribution in [0.25, 0.3) is 0 Å². The van der Waals surface area contributed by atoms with Crippen LogP contribution in [-0.4, -0.2) is 63.1 Å². The Hall–Kier alpha value is -2.30. The summed E-state index contributed by atoms with van der Waals surface area (Å²) < 4.78 is -0.600. The number of hydrogen-bond donors (Lipinski definition) is 3. The number of phenolic OH excluding ortho intramolecular Hbond substituents is 1. The largest absolute Gasteiger partial charge is 1.00 e. The third kappa shape index (κ3) is 7.39. The molecule has 0 aromatic heterocycles. The molecule has 0 aliphatic carbocycles. The van der Waals surface area contributed by atoms with Gasteiger partial charge < -0.3 is 25.7 Å². The van der Waals surface area contributed by atoms with Crippen molar-refractivity contribution >= 4 is 29.5 Å². The Balaban J connectivity index is 0.00000481. The second-order valence-corrected chi connectivity index (χ2v) is 10.9. The van der Waals surface area contributed by atoms with Gasteiger partial charge in [0.05, 0.1) is 5.88 Å². The minimum absolute atomic E-state index is 0. The van der Waals surface area contributed by atoms with Crippen LogP contribution >= 0.6 is 11.8 Å². The van der Waals surface area contributed by atoms with E-state index in [1.165, 1.54) is 22.7 Å². The Morgan fingerprint density at radius 1 is 1.22 bits per heavy atom. The number of aromatic hydroxyl groups is 1. The fourth-order valence-electron chi connectivity index (χ4n) is 4.24. The van der Waals surface area contributed by atoms with Gasteiger partial charge in [-0.05, 0) is 51.0 Å². The van der Waals surface area contributed by atoms with Crippen LogP contribution in [0.3, 0.4) is 0 Å². The van der Waals surface area contributed by atoms with Gasteiger partial charge in [-0.2, -0.15) is 0 Å². The van der Waals surface area contributed by atoms with Crippen molar-refractivity contribution in [3.05, 3.63) is 77.9 Å². The number of hydrogen-bond acceptors (Lipinski definition) is 6. The van der Waals surface area contributed by atoms with Crippen LogP contribution in [0.5, 0.6) is 5.75 Å². The topological polar surface area (TPSA) is 122 Å². The first-order chi connectivity index (χ1) is 17.1. The van der Waals surface area contributed by atoms with E-state index >= 15 is 0 Å². The molecule has 0 radical (unpaired) electrons. The van der Waals surface area contributed by atoms with Crippen LogP contribution in [0.15, 0.2) is 61.2 Å². The Bertz CT molecular complexity index is 1130. The van der Waals surface area contributed by atoms with Crippen molar-refractivity contribution < 1.29 is 54.2 Å². The minimum Gasteiger partial charge on any atom is -0.844 e. The summed E-state index contributed by atoms with van der Waals surface area (Å²) in [5, 5.41) is 29.1. The van der Waals surface area contributed by atoms with E-state index in [1.807, 2.05) is 44.2 Å². The van der Waals surface area contributed by atoms with E-state index < -0.39 is 34.7 Å². The third-order valence-electron chi connectivity index (χ3n) is 6.27. The predicted octanol–water partition coefficient (Wildman–Crippen LogP) is -1.24. The van der Waals surface area contributed by atoms with Crippen LogP contribution in [-0.2, 0) is 16.0 Å². The summed E-state index contributed by atoms with van der Waals surface area (Å²) in [5.74, 6) is -1.52. The number of carbonyl (C=O) groups is 3. The van der Waals surface area contributed by atoms with E-state index in [-0.39, 0.29) is 65.6 Å². The van der Waals surface area contributed by atoms with Crippen LogP contribution < -0.4 is 45.3 Å². The van der Waals surface area contributed by atoms with Crippen molar-refractivity contribution in [1.82, 2.24) is 15.5 Å². The van der Waals surface area contributed by atoms with Crippen LogP contribution in [0.1, 0.15) is 35.3 Å². The van der Waals surface area contributed by atoms with Gasteiger partial charge in [0.15, 0.2) is 0 Å². The van der Waals surface area contributed by atoms with Crippen molar-refractivity contribution in [2.45, 2.75) is 50.1 Å². The summed E-state index contributed by atoms with van der Waals surface area (Å²) in [6, 6.07) is 11.7. The molecule has 0 saturated carbocycles. The van der Waals surface area contributed by atoms with Gasteiger partial charge in [-0.25, -0.2) is 0 Å². The molecule has 3 N–H and O–H groups in total. The van der Waals surface area contributed by atoms with E-state index in [2.05, 4.69) is 17.2 Å². The number of nitrogens with zero attached hydrogens (tertiary/aromatic N) is 1. The molecule has 0 spiro atoms. The molecule has 3 amide bonds. The monoisotopic (exact) mass is 533 g/mol. The fraction of sp³-hybridized carbons (Fsp3) is 0.370. The van der Waals surface area contributed by atoms with Gasteiger partial charge in [0, 0.05) is 28.5 Å². The molecule has 2 aromatic rings. The van der Waals surface area contributed by atoms with E-state index in [4.69, 9.17) is 0 Å². The molecule has 0 unspecified atom stereocenters. The molecule has 1 aliphatic heterocycles. The summed E-state index contributed by atoms with van der Waals surface area (Å²) in [7, 11) is 0. The van der Waals surface area contributed by atoms with Crippen molar-refractivity contribution in [3.8, 4) is 5.75 Å². The molecule has 37 heavy (non-hydrogen) atoms. The SMILES string of the molecule is C=CCNC(=O)[C@H]1N(C(=O)[C@@H]([O-])[C@H](Cc2ccccc2)NC(=O)c2cccc(O)c2C)CSC1(C)C.[Na+]. The van der Waals surface area contributed by atoms with Crippen molar-refractivity contribution in [1.29, 1.82) is 0 Å². The minimum atomic E-state index is -1.85. The van der Waals surface area contributed by atoms with Gasteiger partial charge in [-0.3, -0.25) is 14.4 Å². The molecule has 3 atom stereocenters. The molecule has 1 heterocycles. The summed E-state index contributed by atoms with van der Waals surface area (Å²) in [5.41, 5.74) is 1.37. The van der Waals surface area contributed by atoms with Crippen LogP contribution in [0.2, 0.25) is 0 Å². The molecule has 8 nitrogen and oxygen atoms in total. The van der Waals surface area contributed by atoms with Gasteiger partial charge in [0.25, 0.3) is 5.91 Å². The summed E-state index contributed by atoms with van der Waals surface area (Å²) in [4.78, 5) is 40.8. The van der Waals surface area contributed by atoms with Gasteiger partial charge in [0.1, 0.15) is 11.8 Å². The number of phenols is 1. The number of thioether (sulfide) groups is 1. The second-order valence-electron chi connectivity index (χ2n) is 9.26. The average molecular weight is 534 g/mol. The molecule has 2 aromatic carbocycles. The van der Waals surface area contributed by atoms with E-state index in [0.29, 0.717) is 5.56 Å². The first kappa shape index (κ1) is 30.9. The van der Waals surface area contributed by atoms with Crippen LogP contribution in [0, 0.1) is 6.92 Å². The molecular weight excluding hydrogens is 501 g/mol. The standard InChI is InChI=1S/C27H32N3O5S.Na/c1-5-14-28-25(34)23-27(3,4)36-16-30(23)26(35)22(32)20(15-18-10-7-6-8-11-18)29-24(33)19-12-9-13-21(31)17(19)2;/h5-13,20,22-23,31H,1,14-16H2,2-4H3,(H,28,34)(H,29,33);/q-1;+1/t20-,22-,23+;/m0./s1. The zero-order valence-electron chi connectivity index (χ0n) is 21.7. The fourth-order valence-corrected chi connectivity index (χ4v) is 5.38. The second kappa shape index (κ2) is 13.5. The Morgan fingerprint density at radius 2 is 1.89 bits per heavy atom. The maximum Gasteiger partial charge on any atom is 1.00 e. The number of nitrogens with one attached hydrogen (secondary N) is 2. The number of rotatable bonds is 9. The maximum absolute atomic E-state index is 13.6. The molecule has 0 bridgehead atoms. The number of amides is 3. The third-order valence-corrected chi connectivity index (χ3v) is 7.65. The van der Waals surface area contributed by atoms with Gasteiger partial charge >= 0.3 is 29.6 Å². The smallest absolute Gasteiger partial charge is 0.844 e. The molecular formula is C27H32N3NaO5S. The van der Waals surface area contributed by atoms with Crippen molar-refractivity contribution in [2.24, 2.45) is 0 Å². The molecule has 1 saturated heterocycles. The normalized spacial score (nSPS) is 17.7. The number of benzene rings is 2. The first-order valence-electron chi connectivity index (χ1n) is 11.7. The van der Waals surface area contributed by atoms with Gasteiger partial charge in [-0.15, -0.1) is 18.3 Å². The molecule has 3 rings (SSSR count).